The third kappa shape index (κ3) is 4.69. The summed E-state index contributed by atoms with van der Waals surface area (Å²) in [5.74, 6) is 0.523. The molecule has 0 unspecified atom stereocenters. The van der Waals surface area contributed by atoms with Crippen LogP contribution in [0.2, 0.25) is 0 Å². The normalized spacial score (nSPS) is 19.9. The van der Waals surface area contributed by atoms with Crippen LogP contribution in [-0.2, 0) is 17.6 Å². The Morgan fingerprint density at radius 3 is 3.04 bits per heavy atom. The van der Waals surface area contributed by atoms with Gasteiger partial charge in [-0.2, -0.15) is 0 Å². The Balaban J connectivity index is 1.53. The van der Waals surface area contributed by atoms with Crippen LogP contribution in [0.4, 0.5) is 5.69 Å². The zero-order valence-electron chi connectivity index (χ0n) is 13.9. The van der Waals surface area contributed by atoms with Crippen LogP contribution in [-0.4, -0.2) is 50.3 Å². The fourth-order valence-corrected chi connectivity index (χ4v) is 3.41. The molecule has 1 aromatic carbocycles. The van der Waals surface area contributed by atoms with E-state index in [2.05, 4.69) is 33.4 Å². The van der Waals surface area contributed by atoms with Crippen LogP contribution in [0.1, 0.15) is 30.4 Å². The molecular formula is C18H28N4O. The molecule has 5 nitrogen and oxygen atoms in total. The average molecular weight is 316 g/mol. The molecule has 0 atom stereocenters. The molecule has 1 aromatic rings. The molecule has 0 spiro atoms. The van der Waals surface area contributed by atoms with Crippen molar-refractivity contribution in [3.05, 3.63) is 29.3 Å². The Labute approximate surface area is 138 Å². The van der Waals surface area contributed by atoms with E-state index in [4.69, 9.17) is 10.5 Å². The summed E-state index contributed by atoms with van der Waals surface area (Å²) < 4.78 is 5.47. The maximum absolute atomic E-state index is 6.08. The molecule has 0 bridgehead atoms. The third-order valence-corrected chi connectivity index (χ3v) is 4.67. The van der Waals surface area contributed by atoms with Gasteiger partial charge in [-0.05, 0) is 49.3 Å². The van der Waals surface area contributed by atoms with Gasteiger partial charge in [0.1, 0.15) is 0 Å². The van der Waals surface area contributed by atoms with Crippen molar-refractivity contribution in [2.75, 3.05) is 44.7 Å². The lowest BCUT2D eigenvalue weighted by atomic mass is 9.90. The first-order valence-corrected chi connectivity index (χ1v) is 8.81. The van der Waals surface area contributed by atoms with Gasteiger partial charge in [-0.25, -0.2) is 0 Å². The molecule has 3 rings (SSSR count). The molecule has 0 aromatic heterocycles. The van der Waals surface area contributed by atoms with Crippen molar-refractivity contribution in [2.45, 2.75) is 32.1 Å². The van der Waals surface area contributed by atoms with Crippen molar-refractivity contribution in [2.24, 2.45) is 10.7 Å². The number of rotatable bonds is 4. The second-order valence-corrected chi connectivity index (χ2v) is 6.35. The van der Waals surface area contributed by atoms with Gasteiger partial charge in [-0.1, -0.05) is 12.1 Å². The summed E-state index contributed by atoms with van der Waals surface area (Å²) in [6.07, 6.45) is 5.98. The number of aliphatic imine (C=N–C) groups is 1. The van der Waals surface area contributed by atoms with E-state index in [-0.39, 0.29) is 0 Å². The van der Waals surface area contributed by atoms with Gasteiger partial charge in [-0.15, -0.1) is 0 Å². The number of nitrogens with two attached hydrogens (primary N) is 1. The van der Waals surface area contributed by atoms with Gasteiger partial charge < -0.3 is 15.8 Å². The van der Waals surface area contributed by atoms with Crippen molar-refractivity contribution < 1.29 is 4.74 Å². The van der Waals surface area contributed by atoms with Gasteiger partial charge in [0.25, 0.3) is 0 Å². The summed E-state index contributed by atoms with van der Waals surface area (Å²) in [5.41, 5.74) is 10.1. The van der Waals surface area contributed by atoms with E-state index in [1.54, 1.807) is 0 Å². The van der Waals surface area contributed by atoms with Gasteiger partial charge >= 0.3 is 0 Å². The molecule has 0 radical (unpaired) electrons. The van der Waals surface area contributed by atoms with Gasteiger partial charge in [0.05, 0.1) is 13.2 Å². The number of ether oxygens (including phenoxy) is 1. The maximum Gasteiger partial charge on any atom is 0.193 e. The van der Waals surface area contributed by atoms with E-state index in [0.717, 1.165) is 57.9 Å². The predicted octanol–water partition coefficient (Wildman–Crippen LogP) is 2.01. The Morgan fingerprint density at radius 1 is 1.17 bits per heavy atom. The fraction of sp³-hybridized carbons (Fsp3) is 0.611. The number of fused-ring (bicyclic) bond motifs is 1. The van der Waals surface area contributed by atoms with Crippen LogP contribution in [0, 0.1) is 0 Å². The fourth-order valence-electron chi connectivity index (χ4n) is 3.41. The van der Waals surface area contributed by atoms with Crippen LogP contribution >= 0.6 is 0 Å². The van der Waals surface area contributed by atoms with E-state index in [9.17, 15) is 0 Å². The SMILES string of the molecule is NC(=NCCN1CCCOCC1)Nc1cccc2c1CCCC2. The van der Waals surface area contributed by atoms with E-state index in [1.165, 1.54) is 30.4 Å². The highest BCUT2D eigenvalue weighted by molar-refractivity contribution is 5.93. The minimum atomic E-state index is 0.523. The Bertz CT molecular complexity index is 536. The first-order chi connectivity index (χ1) is 11.3. The van der Waals surface area contributed by atoms with Crippen LogP contribution < -0.4 is 11.1 Å². The predicted molar refractivity (Wildman–Crippen MR) is 95.1 cm³/mol. The zero-order chi connectivity index (χ0) is 15.9. The highest BCUT2D eigenvalue weighted by Crippen LogP contribution is 2.27. The van der Waals surface area contributed by atoms with E-state index < -0.39 is 0 Å². The minimum absolute atomic E-state index is 0.523. The largest absolute Gasteiger partial charge is 0.380 e. The van der Waals surface area contributed by atoms with Crippen LogP contribution in [0.5, 0.6) is 0 Å². The van der Waals surface area contributed by atoms with E-state index in [0.29, 0.717) is 5.96 Å². The van der Waals surface area contributed by atoms with E-state index >= 15 is 0 Å². The second kappa shape index (κ2) is 8.31. The molecule has 5 heteroatoms. The van der Waals surface area contributed by atoms with Gasteiger partial charge in [-0.3, -0.25) is 9.89 Å². The topological polar surface area (TPSA) is 62.9 Å². The quantitative estimate of drug-likeness (QED) is 0.659. The molecule has 0 saturated carbocycles. The molecule has 1 aliphatic heterocycles. The number of nitrogens with zero attached hydrogens (tertiary/aromatic N) is 2. The van der Waals surface area contributed by atoms with Gasteiger partial charge in [0, 0.05) is 31.9 Å². The number of anilines is 1. The number of hydrogen-bond donors (Lipinski definition) is 2. The summed E-state index contributed by atoms with van der Waals surface area (Å²) in [4.78, 5) is 6.89. The molecule has 1 saturated heterocycles. The van der Waals surface area contributed by atoms with Crippen molar-refractivity contribution in [1.29, 1.82) is 0 Å². The van der Waals surface area contributed by atoms with Crippen LogP contribution in [0.25, 0.3) is 0 Å². The summed E-state index contributed by atoms with van der Waals surface area (Å²) >= 11 is 0. The van der Waals surface area contributed by atoms with Crippen molar-refractivity contribution in [3.63, 3.8) is 0 Å². The number of nitrogens with one attached hydrogen (secondary N) is 1. The molecule has 3 N–H and O–H groups in total. The molecule has 2 aliphatic rings. The molecule has 1 heterocycles. The van der Waals surface area contributed by atoms with Crippen molar-refractivity contribution in [3.8, 4) is 0 Å². The molecule has 1 aliphatic carbocycles. The number of benzene rings is 1. The summed E-state index contributed by atoms with van der Waals surface area (Å²) in [7, 11) is 0. The minimum Gasteiger partial charge on any atom is -0.380 e. The van der Waals surface area contributed by atoms with Gasteiger partial charge in [0.15, 0.2) is 5.96 Å². The second-order valence-electron chi connectivity index (χ2n) is 6.35. The smallest absolute Gasteiger partial charge is 0.193 e. The first-order valence-electron chi connectivity index (χ1n) is 8.81. The van der Waals surface area contributed by atoms with Crippen molar-refractivity contribution >= 4 is 11.6 Å². The Hall–Kier alpha value is -1.59. The number of hydrogen-bond acceptors (Lipinski definition) is 3. The van der Waals surface area contributed by atoms with Crippen LogP contribution in [0.3, 0.4) is 0 Å². The standard InChI is InChI=1S/C18H28N4O/c19-18(20-9-11-22-10-4-13-23-14-12-22)21-17-8-3-6-15-5-1-2-7-16(15)17/h3,6,8H,1-2,4-5,7,9-14H2,(H3,19,20,21). The molecule has 0 amide bonds. The Kier molecular flexibility index (Phi) is 5.88. The summed E-state index contributed by atoms with van der Waals surface area (Å²) in [6, 6.07) is 6.45. The summed E-state index contributed by atoms with van der Waals surface area (Å²) in [5, 5.41) is 3.30. The molecule has 23 heavy (non-hydrogen) atoms. The van der Waals surface area contributed by atoms with Gasteiger partial charge in [0.2, 0.25) is 0 Å². The number of guanidine groups is 1. The highest BCUT2D eigenvalue weighted by atomic mass is 16.5. The Morgan fingerprint density at radius 2 is 2.09 bits per heavy atom. The zero-order valence-corrected chi connectivity index (χ0v) is 13.9. The lowest BCUT2D eigenvalue weighted by Crippen LogP contribution is -2.30. The van der Waals surface area contributed by atoms with Crippen molar-refractivity contribution in [1.82, 2.24) is 4.90 Å². The monoisotopic (exact) mass is 316 g/mol. The molecule has 1 fully saturated rings. The lowest BCUT2D eigenvalue weighted by Gasteiger charge is -2.20. The van der Waals surface area contributed by atoms with Crippen LogP contribution in [0.15, 0.2) is 23.2 Å². The number of aryl methyl sites for hydroxylation is 1. The maximum atomic E-state index is 6.08. The molecule has 126 valence electrons. The highest BCUT2D eigenvalue weighted by Gasteiger charge is 2.13. The lowest BCUT2D eigenvalue weighted by molar-refractivity contribution is 0.142. The summed E-state index contributed by atoms with van der Waals surface area (Å²) in [6.45, 7) is 5.47. The third-order valence-electron chi connectivity index (χ3n) is 4.67. The average Bonchev–Trinajstić information content (AvgIpc) is 2.84. The van der Waals surface area contributed by atoms with E-state index in [1.807, 2.05) is 0 Å². The first kappa shape index (κ1) is 16.3. The molecular weight excluding hydrogens is 288 g/mol.